The zero-order chi connectivity index (χ0) is 9.03. The lowest BCUT2D eigenvalue weighted by molar-refractivity contribution is 0.187. The van der Waals surface area contributed by atoms with Gasteiger partial charge in [0.2, 0.25) is 0 Å². The maximum absolute atomic E-state index is 5.46. The minimum Gasteiger partial charge on any atom is -0.329 e. The van der Waals surface area contributed by atoms with E-state index in [9.17, 15) is 0 Å². The van der Waals surface area contributed by atoms with Crippen LogP contribution in [0, 0.1) is 5.41 Å². The van der Waals surface area contributed by atoms with E-state index in [1.807, 2.05) is 0 Å². The maximum atomic E-state index is 5.46. The van der Waals surface area contributed by atoms with Crippen molar-refractivity contribution in [3.63, 3.8) is 0 Å². The zero-order valence-electron chi connectivity index (χ0n) is 8.19. The molecule has 1 fully saturated rings. The first kappa shape index (κ1) is 9.96. The molecule has 1 rings (SSSR count). The van der Waals surface area contributed by atoms with Crippen LogP contribution in [0.15, 0.2) is 0 Å². The van der Waals surface area contributed by atoms with Gasteiger partial charge in [-0.2, -0.15) is 0 Å². The lowest BCUT2D eigenvalue weighted by atomic mass is 9.80. The molecule has 1 aliphatic heterocycles. The van der Waals surface area contributed by atoms with E-state index in [1.54, 1.807) is 0 Å². The van der Waals surface area contributed by atoms with E-state index in [1.165, 1.54) is 6.42 Å². The fourth-order valence-corrected chi connectivity index (χ4v) is 1.81. The van der Waals surface area contributed by atoms with Crippen LogP contribution >= 0.6 is 0 Å². The van der Waals surface area contributed by atoms with Gasteiger partial charge in [0.15, 0.2) is 0 Å². The quantitative estimate of drug-likeness (QED) is 0.557. The summed E-state index contributed by atoms with van der Waals surface area (Å²) >= 11 is 0. The van der Waals surface area contributed by atoms with Gasteiger partial charge in [0.25, 0.3) is 0 Å². The van der Waals surface area contributed by atoms with Gasteiger partial charge in [0.05, 0.1) is 0 Å². The largest absolute Gasteiger partial charge is 0.329 e. The highest BCUT2D eigenvalue weighted by Gasteiger charge is 2.31. The molecular weight excluding hydrogens is 150 g/mol. The summed E-state index contributed by atoms with van der Waals surface area (Å²) in [7, 11) is 0. The van der Waals surface area contributed by atoms with Crippen LogP contribution in [0.2, 0.25) is 0 Å². The summed E-state index contributed by atoms with van der Waals surface area (Å²) in [4.78, 5) is 0. The topological polar surface area (TPSA) is 50.1 Å². The lowest BCUT2D eigenvalue weighted by Gasteiger charge is -2.39. The molecule has 0 aromatic carbocycles. The molecule has 3 heteroatoms. The first-order chi connectivity index (χ1) is 5.67. The summed E-state index contributed by atoms with van der Waals surface area (Å²) in [5.74, 6) is 0. The van der Waals surface area contributed by atoms with Crippen molar-refractivity contribution in [1.82, 2.24) is 10.6 Å². The van der Waals surface area contributed by atoms with Crippen molar-refractivity contribution in [1.29, 1.82) is 0 Å². The average molecular weight is 171 g/mol. The highest BCUT2D eigenvalue weighted by Crippen LogP contribution is 2.24. The van der Waals surface area contributed by atoms with Crippen LogP contribution < -0.4 is 16.4 Å². The van der Waals surface area contributed by atoms with E-state index >= 15 is 0 Å². The molecule has 3 nitrogen and oxygen atoms in total. The van der Waals surface area contributed by atoms with E-state index in [4.69, 9.17) is 5.73 Å². The molecule has 0 spiro atoms. The Hall–Kier alpha value is -0.120. The Bertz CT molecular complexity index is 134. The molecule has 1 unspecified atom stereocenters. The van der Waals surface area contributed by atoms with Gasteiger partial charge < -0.3 is 16.4 Å². The molecule has 1 atom stereocenters. The first-order valence-corrected chi connectivity index (χ1v) is 4.81. The summed E-state index contributed by atoms with van der Waals surface area (Å²) in [5, 5.41) is 6.91. The van der Waals surface area contributed by atoms with Crippen LogP contribution in [0.4, 0.5) is 0 Å². The third-order valence-electron chi connectivity index (χ3n) is 2.67. The molecule has 0 saturated carbocycles. The van der Waals surface area contributed by atoms with Crippen molar-refractivity contribution < 1.29 is 0 Å². The zero-order valence-corrected chi connectivity index (χ0v) is 8.19. The summed E-state index contributed by atoms with van der Waals surface area (Å²) in [5.41, 5.74) is 5.82. The Morgan fingerprint density at radius 1 is 1.58 bits per heavy atom. The fraction of sp³-hybridized carbons (Fsp3) is 1.00. The Labute approximate surface area is 75.1 Å². The van der Waals surface area contributed by atoms with Gasteiger partial charge in [-0.15, -0.1) is 0 Å². The van der Waals surface area contributed by atoms with E-state index in [2.05, 4.69) is 24.5 Å². The van der Waals surface area contributed by atoms with Crippen molar-refractivity contribution >= 4 is 0 Å². The molecule has 1 saturated heterocycles. The molecule has 0 aliphatic carbocycles. The van der Waals surface area contributed by atoms with Crippen LogP contribution in [0.25, 0.3) is 0 Å². The Balaban J connectivity index is 2.37. The van der Waals surface area contributed by atoms with Crippen molar-refractivity contribution in [3.8, 4) is 0 Å². The number of nitrogens with one attached hydrogen (secondary N) is 2. The summed E-state index contributed by atoms with van der Waals surface area (Å²) in [6, 6.07) is 0.627. The summed E-state index contributed by atoms with van der Waals surface area (Å²) in [6.45, 7) is 8.51. The highest BCUT2D eigenvalue weighted by molar-refractivity contribution is 4.90. The standard InChI is InChI=1S/C9H21N3/c1-9(2)7-11-5-3-8(9)12-6-4-10/h8,11-12H,3-7,10H2,1-2H3. The third-order valence-corrected chi connectivity index (χ3v) is 2.67. The molecule has 0 aromatic heterocycles. The number of nitrogens with two attached hydrogens (primary N) is 1. The smallest absolute Gasteiger partial charge is 0.0143 e. The number of hydrogen-bond acceptors (Lipinski definition) is 3. The van der Waals surface area contributed by atoms with E-state index in [0.717, 1.165) is 26.2 Å². The van der Waals surface area contributed by atoms with Gasteiger partial charge in [-0.05, 0) is 18.4 Å². The fourth-order valence-electron chi connectivity index (χ4n) is 1.81. The Kier molecular flexibility index (Phi) is 3.50. The normalized spacial score (nSPS) is 28.8. The van der Waals surface area contributed by atoms with Gasteiger partial charge in [-0.25, -0.2) is 0 Å². The van der Waals surface area contributed by atoms with Crippen LogP contribution in [-0.2, 0) is 0 Å². The first-order valence-electron chi connectivity index (χ1n) is 4.81. The van der Waals surface area contributed by atoms with Gasteiger partial charge in [-0.1, -0.05) is 13.8 Å². The van der Waals surface area contributed by atoms with Crippen molar-refractivity contribution in [2.75, 3.05) is 26.2 Å². The molecule has 0 radical (unpaired) electrons. The van der Waals surface area contributed by atoms with Gasteiger partial charge >= 0.3 is 0 Å². The van der Waals surface area contributed by atoms with Gasteiger partial charge in [0, 0.05) is 25.7 Å². The lowest BCUT2D eigenvalue weighted by Crippen LogP contribution is -2.53. The molecule has 12 heavy (non-hydrogen) atoms. The second-order valence-corrected chi connectivity index (χ2v) is 4.25. The van der Waals surface area contributed by atoms with E-state index in [0.29, 0.717) is 11.5 Å². The predicted molar refractivity (Wildman–Crippen MR) is 52.1 cm³/mol. The monoisotopic (exact) mass is 171 g/mol. The molecule has 0 bridgehead atoms. The minimum absolute atomic E-state index is 0.368. The second kappa shape index (κ2) is 4.21. The van der Waals surface area contributed by atoms with Crippen molar-refractivity contribution in [3.05, 3.63) is 0 Å². The van der Waals surface area contributed by atoms with Gasteiger partial charge in [-0.3, -0.25) is 0 Å². The van der Waals surface area contributed by atoms with Crippen LogP contribution in [0.5, 0.6) is 0 Å². The molecule has 1 heterocycles. The molecule has 72 valence electrons. The molecule has 4 N–H and O–H groups in total. The van der Waals surface area contributed by atoms with Crippen LogP contribution in [0.1, 0.15) is 20.3 Å². The number of piperidine rings is 1. The molecular formula is C9H21N3. The number of rotatable bonds is 3. The molecule has 1 aliphatic rings. The second-order valence-electron chi connectivity index (χ2n) is 4.25. The Morgan fingerprint density at radius 2 is 2.33 bits per heavy atom. The van der Waals surface area contributed by atoms with E-state index in [-0.39, 0.29) is 0 Å². The van der Waals surface area contributed by atoms with Crippen molar-refractivity contribution in [2.24, 2.45) is 11.1 Å². The minimum atomic E-state index is 0.368. The van der Waals surface area contributed by atoms with Crippen LogP contribution in [0.3, 0.4) is 0 Å². The SMILES string of the molecule is CC1(C)CNCCC1NCCN. The highest BCUT2D eigenvalue weighted by atomic mass is 15.0. The van der Waals surface area contributed by atoms with Crippen LogP contribution in [-0.4, -0.2) is 32.2 Å². The predicted octanol–water partition coefficient (Wildman–Crippen LogP) is -0.0772. The van der Waals surface area contributed by atoms with E-state index < -0.39 is 0 Å². The molecule has 0 aromatic rings. The average Bonchev–Trinajstić information content (AvgIpc) is 2.02. The Morgan fingerprint density at radius 3 is 2.92 bits per heavy atom. The van der Waals surface area contributed by atoms with Crippen molar-refractivity contribution in [2.45, 2.75) is 26.3 Å². The van der Waals surface area contributed by atoms with Gasteiger partial charge in [0.1, 0.15) is 0 Å². The maximum Gasteiger partial charge on any atom is 0.0143 e. The number of hydrogen-bond donors (Lipinski definition) is 3. The summed E-state index contributed by atoms with van der Waals surface area (Å²) in [6.07, 6.45) is 1.22. The third kappa shape index (κ3) is 2.44. The summed E-state index contributed by atoms with van der Waals surface area (Å²) < 4.78 is 0. The molecule has 0 amide bonds.